The summed E-state index contributed by atoms with van der Waals surface area (Å²) in [5, 5.41) is 12.6. The van der Waals surface area contributed by atoms with Gasteiger partial charge in [-0.1, -0.05) is 33.8 Å². The summed E-state index contributed by atoms with van der Waals surface area (Å²) >= 11 is 0. The monoisotopic (exact) mass is 236 g/mol. The molecule has 0 spiro atoms. The molecule has 1 heterocycles. The van der Waals surface area contributed by atoms with E-state index in [1.165, 1.54) is 0 Å². The van der Waals surface area contributed by atoms with Gasteiger partial charge in [-0.25, -0.2) is 0 Å². The van der Waals surface area contributed by atoms with Crippen LogP contribution in [-0.4, -0.2) is 22.7 Å². The molecule has 1 aromatic rings. The SMILES string of the molecule is CC(C)c1cccc(CN[C@H](CO)C(C)C)n1. The summed E-state index contributed by atoms with van der Waals surface area (Å²) in [5.41, 5.74) is 2.16. The zero-order valence-corrected chi connectivity index (χ0v) is 11.3. The quantitative estimate of drug-likeness (QED) is 0.796. The average Bonchev–Trinajstić information content (AvgIpc) is 2.29. The van der Waals surface area contributed by atoms with Crippen LogP contribution in [-0.2, 0) is 6.54 Å². The zero-order valence-electron chi connectivity index (χ0n) is 11.3. The summed E-state index contributed by atoms with van der Waals surface area (Å²) in [6.07, 6.45) is 0. The van der Waals surface area contributed by atoms with Crippen LogP contribution in [0.15, 0.2) is 18.2 Å². The summed E-state index contributed by atoms with van der Waals surface area (Å²) < 4.78 is 0. The van der Waals surface area contributed by atoms with Gasteiger partial charge in [-0.05, 0) is 24.0 Å². The third-order valence-electron chi connectivity index (χ3n) is 2.97. The van der Waals surface area contributed by atoms with Crippen LogP contribution < -0.4 is 5.32 Å². The Morgan fingerprint density at radius 1 is 1.24 bits per heavy atom. The van der Waals surface area contributed by atoms with Crippen molar-refractivity contribution in [3.63, 3.8) is 0 Å². The number of hydrogen-bond donors (Lipinski definition) is 2. The molecule has 1 rings (SSSR count). The van der Waals surface area contributed by atoms with Crippen molar-refractivity contribution in [2.75, 3.05) is 6.61 Å². The smallest absolute Gasteiger partial charge is 0.0587 e. The Balaban J connectivity index is 2.59. The lowest BCUT2D eigenvalue weighted by atomic mass is 10.1. The van der Waals surface area contributed by atoms with Gasteiger partial charge in [0.25, 0.3) is 0 Å². The van der Waals surface area contributed by atoms with E-state index < -0.39 is 0 Å². The highest BCUT2D eigenvalue weighted by Crippen LogP contribution is 2.11. The molecule has 0 aliphatic carbocycles. The molecule has 17 heavy (non-hydrogen) atoms. The molecule has 0 saturated heterocycles. The van der Waals surface area contributed by atoms with Crippen molar-refractivity contribution < 1.29 is 5.11 Å². The van der Waals surface area contributed by atoms with Crippen molar-refractivity contribution in [2.45, 2.75) is 46.2 Å². The molecule has 3 nitrogen and oxygen atoms in total. The molecule has 0 aliphatic rings. The minimum absolute atomic E-state index is 0.138. The van der Waals surface area contributed by atoms with E-state index in [-0.39, 0.29) is 12.6 Å². The van der Waals surface area contributed by atoms with Gasteiger partial charge in [0, 0.05) is 18.3 Å². The highest BCUT2D eigenvalue weighted by molar-refractivity contribution is 5.13. The van der Waals surface area contributed by atoms with Gasteiger partial charge in [0.1, 0.15) is 0 Å². The van der Waals surface area contributed by atoms with Crippen molar-refractivity contribution in [1.29, 1.82) is 0 Å². The van der Waals surface area contributed by atoms with E-state index in [9.17, 15) is 5.11 Å². The molecule has 1 atom stereocenters. The highest BCUT2D eigenvalue weighted by Gasteiger charge is 2.11. The van der Waals surface area contributed by atoms with Gasteiger partial charge in [0.15, 0.2) is 0 Å². The first-order valence-corrected chi connectivity index (χ1v) is 6.34. The number of pyridine rings is 1. The Morgan fingerprint density at radius 2 is 1.94 bits per heavy atom. The van der Waals surface area contributed by atoms with Gasteiger partial charge in [-0.15, -0.1) is 0 Å². The van der Waals surface area contributed by atoms with Gasteiger partial charge >= 0.3 is 0 Å². The predicted octanol–water partition coefficient (Wildman–Crippen LogP) is 2.31. The fourth-order valence-corrected chi connectivity index (χ4v) is 1.66. The van der Waals surface area contributed by atoms with Crippen LogP contribution in [0.3, 0.4) is 0 Å². The minimum atomic E-state index is 0.138. The van der Waals surface area contributed by atoms with E-state index in [2.05, 4.69) is 44.1 Å². The van der Waals surface area contributed by atoms with Crippen LogP contribution in [0.2, 0.25) is 0 Å². The average molecular weight is 236 g/mol. The van der Waals surface area contributed by atoms with E-state index in [0.717, 1.165) is 11.4 Å². The fourth-order valence-electron chi connectivity index (χ4n) is 1.66. The molecular weight excluding hydrogens is 212 g/mol. The molecule has 0 aliphatic heterocycles. The number of aliphatic hydroxyl groups excluding tert-OH is 1. The lowest BCUT2D eigenvalue weighted by molar-refractivity contribution is 0.209. The van der Waals surface area contributed by atoms with E-state index in [1.54, 1.807) is 0 Å². The van der Waals surface area contributed by atoms with E-state index in [1.807, 2.05) is 12.1 Å². The second kappa shape index (κ2) is 6.72. The fraction of sp³-hybridized carbons (Fsp3) is 0.643. The maximum atomic E-state index is 9.23. The molecule has 0 amide bonds. The van der Waals surface area contributed by atoms with Crippen LogP contribution in [0.25, 0.3) is 0 Å². The number of aliphatic hydroxyl groups is 1. The number of rotatable bonds is 6. The molecule has 0 fully saturated rings. The highest BCUT2D eigenvalue weighted by atomic mass is 16.3. The summed E-state index contributed by atoms with van der Waals surface area (Å²) in [5.74, 6) is 0.877. The van der Waals surface area contributed by atoms with E-state index >= 15 is 0 Å². The molecule has 2 N–H and O–H groups in total. The predicted molar refractivity (Wildman–Crippen MR) is 70.9 cm³/mol. The van der Waals surface area contributed by atoms with E-state index in [0.29, 0.717) is 18.4 Å². The van der Waals surface area contributed by atoms with Gasteiger partial charge < -0.3 is 10.4 Å². The first-order valence-electron chi connectivity index (χ1n) is 6.34. The molecule has 1 aromatic heterocycles. The first kappa shape index (κ1) is 14.1. The largest absolute Gasteiger partial charge is 0.395 e. The second-order valence-electron chi connectivity index (χ2n) is 5.12. The molecule has 0 saturated carbocycles. The zero-order chi connectivity index (χ0) is 12.8. The van der Waals surface area contributed by atoms with Crippen molar-refractivity contribution in [3.8, 4) is 0 Å². The lowest BCUT2D eigenvalue weighted by Crippen LogP contribution is -2.36. The Bertz CT molecular complexity index is 337. The Hall–Kier alpha value is -0.930. The van der Waals surface area contributed by atoms with Crippen LogP contribution in [0.4, 0.5) is 0 Å². The van der Waals surface area contributed by atoms with Gasteiger partial charge in [-0.3, -0.25) is 4.98 Å². The summed E-state index contributed by atoms with van der Waals surface area (Å²) in [6.45, 7) is 9.37. The molecule has 0 aromatic carbocycles. The van der Waals surface area contributed by atoms with Crippen molar-refractivity contribution in [1.82, 2.24) is 10.3 Å². The number of aromatic nitrogens is 1. The van der Waals surface area contributed by atoms with Crippen LogP contribution in [0.5, 0.6) is 0 Å². The third-order valence-corrected chi connectivity index (χ3v) is 2.97. The molecule has 0 unspecified atom stereocenters. The van der Waals surface area contributed by atoms with Gasteiger partial charge in [0.2, 0.25) is 0 Å². The molecule has 96 valence electrons. The Labute approximate surface area is 104 Å². The maximum absolute atomic E-state index is 9.23. The molecule has 0 bridgehead atoms. The van der Waals surface area contributed by atoms with Crippen LogP contribution in [0.1, 0.15) is 45.0 Å². The number of nitrogens with zero attached hydrogens (tertiary/aromatic N) is 1. The minimum Gasteiger partial charge on any atom is -0.395 e. The van der Waals surface area contributed by atoms with Crippen molar-refractivity contribution in [2.24, 2.45) is 5.92 Å². The summed E-state index contributed by atoms with van der Waals surface area (Å²) in [7, 11) is 0. The molecule has 0 radical (unpaired) electrons. The molecular formula is C14H24N2O. The summed E-state index contributed by atoms with van der Waals surface area (Å²) in [6, 6.07) is 6.26. The first-order chi connectivity index (χ1) is 8.04. The number of hydrogen-bond acceptors (Lipinski definition) is 3. The topological polar surface area (TPSA) is 45.1 Å². The van der Waals surface area contributed by atoms with Crippen LogP contribution >= 0.6 is 0 Å². The molecule has 3 heteroatoms. The maximum Gasteiger partial charge on any atom is 0.0587 e. The van der Waals surface area contributed by atoms with Crippen molar-refractivity contribution in [3.05, 3.63) is 29.6 Å². The van der Waals surface area contributed by atoms with Crippen molar-refractivity contribution >= 4 is 0 Å². The Kier molecular flexibility index (Phi) is 5.59. The Morgan fingerprint density at radius 3 is 2.47 bits per heavy atom. The number of nitrogens with one attached hydrogen (secondary N) is 1. The normalized spacial score (nSPS) is 13.4. The van der Waals surface area contributed by atoms with E-state index in [4.69, 9.17) is 0 Å². The third kappa shape index (κ3) is 4.44. The van der Waals surface area contributed by atoms with Gasteiger partial charge in [0.05, 0.1) is 12.3 Å². The van der Waals surface area contributed by atoms with Crippen LogP contribution in [0, 0.1) is 5.92 Å². The lowest BCUT2D eigenvalue weighted by Gasteiger charge is -2.19. The van der Waals surface area contributed by atoms with Gasteiger partial charge in [-0.2, -0.15) is 0 Å². The second-order valence-corrected chi connectivity index (χ2v) is 5.12. The summed E-state index contributed by atoms with van der Waals surface area (Å²) in [4.78, 5) is 4.59. The standard InChI is InChI=1S/C14H24N2O/c1-10(2)13-7-5-6-12(16-13)8-15-14(9-17)11(3)4/h5-7,10-11,14-15,17H,8-9H2,1-4H3/t14-/m1/s1.